The number of thioether (sulfide) groups is 3. The van der Waals surface area contributed by atoms with Crippen molar-refractivity contribution in [2.75, 3.05) is 27.9 Å². The van der Waals surface area contributed by atoms with Gasteiger partial charge in [0, 0.05) is 72.5 Å². The van der Waals surface area contributed by atoms with Gasteiger partial charge in [-0.25, -0.2) is 18.8 Å². The van der Waals surface area contributed by atoms with Crippen molar-refractivity contribution < 1.29 is 80.4 Å². The molecule has 0 saturated heterocycles. The van der Waals surface area contributed by atoms with Crippen LogP contribution in [-0.2, 0) is 59.6 Å². The van der Waals surface area contributed by atoms with Crippen LogP contribution in [0.1, 0.15) is 175 Å². The minimum atomic E-state index is -0.487. The number of halogens is 2. The fraction of sp³-hybridized carbons (Fsp3) is 0.304. The first-order valence-corrected chi connectivity index (χ1v) is 49.4. The number of carbonyl (C=O) groups excluding carboxylic acids is 3. The van der Waals surface area contributed by atoms with Crippen molar-refractivity contribution in [2.45, 2.75) is 218 Å². The molecule has 0 spiro atoms. The van der Waals surface area contributed by atoms with E-state index >= 15 is 0 Å². The lowest BCUT2D eigenvalue weighted by Crippen LogP contribution is -2.09. The maximum absolute atomic E-state index is 14.1. The van der Waals surface area contributed by atoms with Crippen LogP contribution in [0.15, 0.2) is 221 Å². The molecule has 137 heavy (non-hydrogen) atoms. The first-order chi connectivity index (χ1) is 65.4. The van der Waals surface area contributed by atoms with Gasteiger partial charge in [-0.3, -0.25) is 0 Å². The van der Waals surface area contributed by atoms with E-state index in [2.05, 4.69) is 141 Å². The lowest BCUT2D eigenvalue weighted by molar-refractivity contribution is 0.199. The summed E-state index contributed by atoms with van der Waals surface area (Å²) in [7, 11) is 4.03. The van der Waals surface area contributed by atoms with E-state index in [1.54, 1.807) is 24.3 Å². The van der Waals surface area contributed by atoms with E-state index in [1.165, 1.54) is 71.9 Å². The number of rotatable bonds is 30. The highest BCUT2D eigenvalue weighted by molar-refractivity contribution is 8.13. The second-order valence-electron chi connectivity index (χ2n) is 32.1. The Kier molecular flexibility index (Phi) is 47.8. The van der Waals surface area contributed by atoms with E-state index in [4.69, 9.17) is 105 Å². The van der Waals surface area contributed by atoms with Gasteiger partial charge in [0.05, 0.1) is 33.5 Å². The average molecular weight is 2010 g/mol. The molecular formula is C112H126ClFO16S7. The number of benzene rings is 12. The summed E-state index contributed by atoms with van der Waals surface area (Å²) in [6.07, 6.45) is 2.12. The topological polar surface area (TPSA) is 171 Å². The number of aryl methyl sites for hydroxylation is 16. The third-order valence-electron chi connectivity index (χ3n) is 21.5. The Morgan fingerprint density at radius 3 is 1.05 bits per heavy atom. The smallest absolute Gasteiger partial charge is 0.371 e. The Bertz CT molecular complexity index is 5990. The van der Waals surface area contributed by atoms with Crippen LogP contribution in [0.5, 0.6) is 57.5 Å². The summed E-state index contributed by atoms with van der Waals surface area (Å²) in [6.45, 7) is 43.3. The number of methoxy groups -OCH3 is 3. The highest BCUT2D eigenvalue weighted by Gasteiger charge is 2.21. The van der Waals surface area contributed by atoms with Gasteiger partial charge in [-0.1, -0.05) is 164 Å². The molecule has 0 atom stereocenters. The van der Waals surface area contributed by atoms with Crippen LogP contribution >= 0.6 is 96.2 Å². The fourth-order valence-electron chi connectivity index (χ4n) is 13.4. The van der Waals surface area contributed by atoms with Gasteiger partial charge in [0.15, 0.2) is 15.2 Å². The standard InChI is InChI=1S/C20H24O3S.C19H22O2S2.C19H22O2S.C18H19ClO3S.C18H19FO3S.C18H20O3S/c1-5-20(24)23-19-9-7-8-18(21-6-2)16(19)13-22-17-11-10-14(3)12-15(17)4;1-4-19(23)21-18-7-5-6-15(12-22)16(18)11-20-17-9-8-13(2)10-14(17)3;1-5-19(22)21-18-8-6-7-14(3)16(18)12-20-17-10-9-13(2)11-15(17)4;2*1-11-8-13(3)16(9-12(11)2)22-10-14-15(19)6-5-7-17(14)23-18(20)21-4;1-12-9-14(3)16(10-13(12)2)21-11-15-7-5-6-8-17(15)22-18(19)20-4/h7-12H,5-6,13H2,1-4H3;5-10,22H,4,11-12H2,1-3H3;6-11H,5,12H2,1-4H3;2*5-9H,10H2,1-4H3;5-10H,11H2,1-4H3. The Morgan fingerprint density at radius 2 is 0.620 bits per heavy atom. The van der Waals surface area contributed by atoms with Crippen LogP contribution < -0.4 is 47.4 Å². The lowest BCUT2D eigenvalue weighted by atomic mass is 10.1. The zero-order valence-electron chi connectivity index (χ0n) is 82.6. The number of hydrogen-bond donors (Lipinski definition) is 1. The predicted molar refractivity (Wildman–Crippen MR) is 573 cm³/mol. The molecule has 0 bridgehead atoms. The van der Waals surface area contributed by atoms with Gasteiger partial charge in [0.1, 0.15) is 103 Å². The van der Waals surface area contributed by atoms with Crippen LogP contribution in [0, 0.1) is 117 Å². The van der Waals surface area contributed by atoms with Crippen LogP contribution in [0.25, 0.3) is 0 Å². The van der Waals surface area contributed by atoms with Crippen molar-refractivity contribution in [3.05, 3.63) is 345 Å². The van der Waals surface area contributed by atoms with E-state index in [9.17, 15) is 18.8 Å². The Labute approximate surface area is 849 Å². The Morgan fingerprint density at radius 1 is 0.299 bits per heavy atom. The molecule has 0 saturated carbocycles. The van der Waals surface area contributed by atoms with Crippen molar-refractivity contribution in [2.24, 2.45) is 0 Å². The molecule has 0 fully saturated rings. The molecule has 16 nitrogen and oxygen atoms in total. The van der Waals surface area contributed by atoms with Crippen LogP contribution in [0.2, 0.25) is 5.02 Å². The SMILES string of the molecule is CCC(=S)Oc1cccc(C)c1COc1ccc(C)cc1C.CCC(=S)Oc1cccc(CS)c1COc1ccc(C)cc1C.CCOc1cccc(OC(=S)CC)c1COc1ccc(C)cc1C.COC(=O)Sc1cccc(Cl)c1COc1cc(C)c(C)cc1C.COC(=O)Sc1cccc(F)c1COc1cc(C)c(C)cc1C.COC(=O)Sc1ccccc1COc1cc(C)c(C)cc1C. The van der Waals surface area contributed by atoms with Crippen molar-refractivity contribution in [1.29, 1.82) is 0 Å². The molecule has 0 radical (unpaired) electrons. The zero-order valence-corrected chi connectivity index (χ0v) is 89.1. The maximum atomic E-state index is 14.1. The van der Waals surface area contributed by atoms with Crippen LogP contribution in [-0.4, -0.2) is 59.0 Å². The minimum Gasteiger partial charge on any atom is -0.493 e. The van der Waals surface area contributed by atoms with Gasteiger partial charge in [0.25, 0.3) is 0 Å². The highest BCUT2D eigenvalue weighted by Crippen LogP contribution is 2.38. The molecule has 0 heterocycles. The zero-order chi connectivity index (χ0) is 101. The Hall–Kier alpha value is -11.1. The predicted octanol–water partition coefficient (Wildman–Crippen LogP) is 32.1. The molecule has 0 aliphatic carbocycles. The molecule has 0 unspecified atom stereocenters. The van der Waals surface area contributed by atoms with Crippen molar-refractivity contribution in [3.8, 4) is 57.5 Å². The fourth-order valence-corrected chi connectivity index (χ4v) is 16.3. The minimum absolute atomic E-state index is 0.0509. The third kappa shape index (κ3) is 36.3. The second kappa shape index (κ2) is 58.0. The molecule has 726 valence electrons. The van der Waals surface area contributed by atoms with Gasteiger partial charge < -0.3 is 61.6 Å². The normalized spacial score (nSPS) is 10.4. The summed E-state index contributed by atoms with van der Waals surface area (Å²) in [5, 5.41) is 1.11. The highest BCUT2D eigenvalue weighted by atomic mass is 35.5. The summed E-state index contributed by atoms with van der Waals surface area (Å²) in [4.78, 5) is 36.5. The van der Waals surface area contributed by atoms with Gasteiger partial charge >= 0.3 is 15.9 Å². The first kappa shape index (κ1) is 113. The van der Waals surface area contributed by atoms with Crippen molar-refractivity contribution in [3.63, 3.8) is 0 Å². The molecule has 12 aromatic rings. The van der Waals surface area contributed by atoms with Crippen molar-refractivity contribution >= 4 is 127 Å². The average Bonchev–Trinajstić information content (AvgIpc) is 0.824. The number of ether oxygens (including phenoxy) is 13. The first-order valence-electron chi connectivity index (χ1n) is 44.7. The summed E-state index contributed by atoms with van der Waals surface area (Å²) in [6, 6.07) is 66.1. The van der Waals surface area contributed by atoms with E-state index in [0.717, 1.165) is 175 Å². The van der Waals surface area contributed by atoms with Gasteiger partial charge in [-0.2, -0.15) is 12.6 Å². The van der Waals surface area contributed by atoms with Crippen LogP contribution in [0.4, 0.5) is 18.8 Å². The third-order valence-corrected chi connectivity index (χ3v) is 26.1. The van der Waals surface area contributed by atoms with Crippen molar-refractivity contribution in [1.82, 2.24) is 0 Å². The molecule has 0 amide bonds. The second-order valence-corrected chi connectivity index (χ2v) is 37.1. The molecule has 0 N–H and O–H groups in total. The summed E-state index contributed by atoms with van der Waals surface area (Å²) >= 11 is 29.2. The number of hydrogen-bond acceptors (Lipinski definition) is 23. The van der Waals surface area contributed by atoms with Gasteiger partial charge in [-0.15, -0.1) is 0 Å². The van der Waals surface area contributed by atoms with Crippen LogP contribution in [0.3, 0.4) is 0 Å². The largest absolute Gasteiger partial charge is 0.493 e. The van der Waals surface area contributed by atoms with E-state index in [1.807, 2.05) is 191 Å². The van der Waals surface area contributed by atoms with Gasteiger partial charge in [-0.05, 0) is 359 Å². The quantitative estimate of drug-likeness (QED) is 0.0148. The molecular weight excluding hydrogens is 1880 g/mol. The molecule has 0 aromatic heterocycles. The molecule has 12 aromatic carbocycles. The monoisotopic (exact) mass is 2000 g/mol. The summed E-state index contributed by atoms with van der Waals surface area (Å²) in [5.74, 6) is 8.28. The Balaban J connectivity index is 0.000000224. The molecule has 0 aliphatic rings. The van der Waals surface area contributed by atoms with E-state index in [0.29, 0.717) is 100 Å². The number of thiol groups is 1. The molecule has 12 rings (SSSR count). The summed E-state index contributed by atoms with van der Waals surface area (Å²) < 4.78 is 86.9. The molecule has 25 heteroatoms. The van der Waals surface area contributed by atoms with Gasteiger partial charge in [0.2, 0.25) is 0 Å². The maximum Gasteiger partial charge on any atom is 0.371 e. The van der Waals surface area contributed by atoms with E-state index < -0.39 is 11.1 Å². The molecule has 0 aliphatic heterocycles. The number of thiocarbonyl (C=S) groups is 3. The summed E-state index contributed by atoms with van der Waals surface area (Å²) in [5.41, 5.74) is 24.6. The van der Waals surface area contributed by atoms with E-state index in [-0.39, 0.29) is 17.2 Å². The lowest BCUT2D eigenvalue weighted by Gasteiger charge is -2.17. The number of carbonyl (C=O) groups is 3.